The van der Waals surface area contributed by atoms with Crippen molar-refractivity contribution in [3.8, 4) is 0 Å². The van der Waals surface area contributed by atoms with Crippen LogP contribution >= 0.6 is 15.9 Å². The molecule has 2 aromatic heterocycles. The zero-order valence-corrected chi connectivity index (χ0v) is 14.2. The second-order valence-corrected chi connectivity index (χ2v) is 5.87. The Morgan fingerprint density at radius 3 is 2.64 bits per heavy atom. The van der Waals surface area contributed by atoms with E-state index in [1.165, 1.54) is 6.20 Å². The minimum absolute atomic E-state index is 0.00701. The first-order valence-corrected chi connectivity index (χ1v) is 7.79. The Balaban J connectivity index is 1.83. The molecule has 0 saturated carbocycles. The fourth-order valence-corrected chi connectivity index (χ4v) is 2.62. The Morgan fingerprint density at radius 1 is 1.12 bits per heavy atom. The molecule has 0 saturated heterocycles. The molecule has 25 heavy (non-hydrogen) atoms. The molecule has 2 heterocycles. The number of carbonyl (C=O) groups is 3. The Morgan fingerprint density at radius 2 is 1.88 bits per heavy atom. The van der Waals surface area contributed by atoms with E-state index in [0.29, 0.717) is 11.1 Å². The first kappa shape index (κ1) is 16.6. The second kappa shape index (κ2) is 6.73. The molecule has 0 spiro atoms. The number of nitrogens with zero attached hydrogens (tertiary/aromatic N) is 2. The first-order chi connectivity index (χ1) is 12.0. The van der Waals surface area contributed by atoms with Gasteiger partial charge < -0.3 is 16.4 Å². The molecule has 0 aliphatic carbocycles. The smallest absolute Gasteiger partial charge is 0.271 e. The molecule has 0 bridgehead atoms. The van der Waals surface area contributed by atoms with Crippen LogP contribution in [0.5, 0.6) is 0 Å². The van der Waals surface area contributed by atoms with E-state index in [-0.39, 0.29) is 17.9 Å². The van der Waals surface area contributed by atoms with E-state index in [4.69, 9.17) is 5.73 Å². The average molecular weight is 406 g/mol. The monoisotopic (exact) mass is 405 g/mol. The van der Waals surface area contributed by atoms with Crippen molar-refractivity contribution in [2.75, 3.05) is 11.9 Å². The van der Waals surface area contributed by atoms with Crippen LogP contribution in [0.25, 0.3) is 10.9 Å². The van der Waals surface area contributed by atoms with E-state index in [0.717, 1.165) is 9.86 Å². The number of hydrogen-bond acceptors (Lipinski definition) is 5. The van der Waals surface area contributed by atoms with Gasteiger partial charge in [0.05, 0.1) is 35.7 Å². The normalized spacial score (nSPS) is 10.6. The molecule has 3 aromatic rings. The van der Waals surface area contributed by atoms with Gasteiger partial charge in [0.1, 0.15) is 5.69 Å². The summed E-state index contributed by atoms with van der Waals surface area (Å²) in [6, 6.07) is 3.34. The zero-order valence-electron chi connectivity index (χ0n) is 12.6. The third kappa shape index (κ3) is 3.35. The third-order valence-corrected chi connectivity index (χ3v) is 4.04. The quantitative estimate of drug-likeness (QED) is 0.417. The number of aromatic amines is 2. The first-order valence-electron chi connectivity index (χ1n) is 7.00. The van der Waals surface area contributed by atoms with Crippen LogP contribution in [0, 0.1) is 0 Å². The summed E-state index contributed by atoms with van der Waals surface area (Å²) in [7, 11) is 0. The molecular weight excluding hydrogens is 394 g/mol. The predicted molar refractivity (Wildman–Crippen MR) is 91.9 cm³/mol. The number of benzene rings is 1. The Bertz CT molecular complexity index is 978. The van der Waals surface area contributed by atoms with Gasteiger partial charge >= 0.3 is 0 Å². The topological polar surface area (TPSA) is 159 Å². The SMILES string of the molecule is NC(=O)CNC(=O)c1[nH]ncc1NC(=O)c1ccc(Br)c2cn[nH]c12. The summed E-state index contributed by atoms with van der Waals surface area (Å²) in [5, 5.41) is 18.6. The van der Waals surface area contributed by atoms with Crippen LogP contribution in [0.3, 0.4) is 0 Å². The van der Waals surface area contributed by atoms with Crippen LogP contribution in [0.4, 0.5) is 5.69 Å². The number of primary amides is 1. The van der Waals surface area contributed by atoms with Gasteiger partial charge in [-0.05, 0) is 12.1 Å². The lowest BCUT2D eigenvalue weighted by atomic mass is 10.1. The summed E-state index contributed by atoms with van der Waals surface area (Å²) in [4.78, 5) is 35.3. The summed E-state index contributed by atoms with van der Waals surface area (Å²) < 4.78 is 0.794. The molecule has 1 aromatic carbocycles. The highest BCUT2D eigenvalue weighted by atomic mass is 79.9. The number of nitrogens with one attached hydrogen (secondary N) is 4. The standard InChI is InChI=1S/C14H12BrN7O3/c15-8-2-1-6(11-7(8)3-18-21-11)13(24)20-9-4-19-22-12(9)14(25)17-5-10(16)23/h1-4H,5H2,(H2,16,23)(H,17,25)(H,18,21)(H,19,22)(H,20,24). The van der Waals surface area contributed by atoms with E-state index in [2.05, 4.69) is 47.0 Å². The number of amides is 3. The molecule has 0 radical (unpaired) electrons. The molecule has 11 heteroatoms. The highest BCUT2D eigenvalue weighted by molar-refractivity contribution is 9.10. The molecule has 10 nitrogen and oxygen atoms in total. The maximum Gasteiger partial charge on any atom is 0.271 e. The fraction of sp³-hybridized carbons (Fsp3) is 0.0714. The summed E-state index contributed by atoms with van der Waals surface area (Å²) in [5.41, 5.74) is 6.06. The van der Waals surface area contributed by atoms with E-state index in [9.17, 15) is 14.4 Å². The van der Waals surface area contributed by atoms with Gasteiger partial charge in [-0.3, -0.25) is 24.6 Å². The Kier molecular flexibility index (Phi) is 4.48. The highest BCUT2D eigenvalue weighted by Gasteiger charge is 2.19. The van der Waals surface area contributed by atoms with Crippen molar-refractivity contribution in [3.05, 3.63) is 40.3 Å². The summed E-state index contributed by atoms with van der Waals surface area (Å²) in [6.45, 7) is -0.327. The van der Waals surface area contributed by atoms with E-state index >= 15 is 0 Å². The van der Waals surface area contributed by atoms with Crippen molar-refractivity contribution >= 4 is 50.2 Å². The van der Waals surface area contributed by atoms with E-state index in [1.807, 2.05) is 0 Å². The zero-order chi connectivity index (χ0) is 18.0. The van der Waals surface area contributed by atoms with Crippen LogP contribution < -0.4 is 16.4 Å². The Hall–Kier alpha value is -3.21. The van der Waals surface area contributed by atoms with Crippen molar-refractivity contribution in [3.63, 3.8) is 0 Å². The van der Waals surface area contributed by atoms with Gasteiger partial charge in [-0.1, -0.05) is 15.9 Å². The van der Waals surface area contributed by atoms with Crippen LogP contribution in [0.15, 0.2) is 29.0 Å². The minimum Gasteiger partial charge on any atom is -0.368 e. The lowest BCUT2D eigenvalue weighted by molar-refractivity contribution is -0.117. The molecule has 3 amide bonds. The maximum atomic E-state index is 12.6. The average Bonchev–Trinajstić information content (AvgIpc) is 3.22. The third-order valence-electron chi connectivity index (χ3n) is 3.34. The number of rotatable bonds is 5. The number of H-pyrrole nitrogens is 2. The van der Waals surface area contributed by atoms with Gasteiger partial charge in [0.2, 0.25) is 5.91 Å². The molecule has 0 atom stereocenters. The van der Waals surface area contributed by atoms with E-state index < -0.39 is 17.7 Å². The Labute approximate surface area is 148 Å². The van der Waals surface area contributed by atoms with Crippen LogP contribution in [-0.4, -0.2) is 44.7 Å². The van der Waals surface area contributed by atoms with Gasteiger partial charge in [0, 0.05) is 9.86 Å². The fourth-order valence-electron chi connectivity index (χ4n) is 2.19. The molecule has 0 fully saturated rings. The molecule has 0 unspecified atom stereocenters. The van der Waals surface area contributed by atoms with Gasteiger partial charge in [-0.25, -0.2) is 0 Å². The van der Waals surface area contributed by atoms with Crippen LogP contribution in [0.1, 0.15) is 20.8 Å². The highest BCUT2D eigenvalue weighted by Crippen LogP contribution is 2.25. The number of halogens is 1. The number of carbonyl (C=O) groups excluding carboxylic acids is 3. The number of aromatic nitrogens is 4. The number of anilines is 1. The number of nitrogens with two attached hydrogens (primary N) is 1. The van der Waals surface area contributed by atoms with Gasteiger partial charge in [0.15, 0.2) is 0 Å². The van der Waals surface area contributed by atoms with Crippen molar-refractivity contribution < 1.29 is 14.4 Å². The summed E-state index contributed by atoms with van der Waals surface area (Å²) >= 11 is 3.38. The van der Waals surface area contributed by atoms with Crippen molar-refractivity contribution in [2.24, 2.45) is 5.73 Å². The molecule has 6 N–H and O–H groups in total. The molecular formula is C14H12BrN7O3. The molecule has 0 aliphatic heterocycles. The van der Waals surface area contributed by atoms with Gasteiger partial charge in [0.25, 0.3) is 11.8 Å². The summed E-state index contributed by atoms with van der Waals surface area (Å²) in [6.07, 6.45) is 2.89. The molecule has 0 aliphatic rings. The minimum atomic E-state index is -0.685. The largest absolute Gasteiger partial charge is 0.368 e. The number of fused-ring (bicyclic) bond motifs is 1. The van der Waals surface area contributed by atoms with Crippen LogP contribution in [-0.2, 0) is 4.79 Å². The molecule has 3 rings (SSSR count). The van der Waals surface area contributed by atoms with Crippen molar-refractivity contribution in [1.29, 1.82) is 0 Å². The maximum absolute atomic E-state index is 12.6. The predicted octanol–water partition coefficient (Wildman–Crippen LogP) is 0.516. The lowest BCUT2D eigenvalue weighted by Crippen LogP contribution is -2.34. The summed E-state index contributed by atoms with van der Waals surface area (Å²) in [5.74, 6) is -1.75. The lowest BCUT2D eigenvalue weighted by Gasteiger charge is -2.07. The van der Waals surface area contributed by atoms with Gasteiger partial charge in [-0.2, -0.15) is 10.2 Å². The molecule has 128 valence electrons. The van der Waals surface area contributed by atoms with E-state index in [1.54, 1.807) is 18.3 Å². The van der Waals surface area contributed by atoms with Crippen LogP contribution in [0.2, 0.25) is 0 Å². The van der Waals surface area contributed by atoms with Gasteiger partial charge in [-0.15, -0.1) is 0 Å². The van der Waals surface area contributed by atoms with Crippen molar-refractivity contribution in [1.82, 2.24) is 25.7 Å². The second-order valence-electron chi connectivity index (χ2n) is 5.02. The number of hydrogen-bond donors (Lipinski definition) is 5. The van der Waals surface area contributed by atoms with Crippen molar-refractivity contribution in [2.45, 2.75) is 0 Å².